The maximum absolute atomic E-state index is 12.5. The molecule has 1 aromatic carbocycles. The number of carbonyl (C=O) groups is 2. The van der Waals surface area contributed by atoms with E-state index < -0.39 is 0 Å². The highest BCUT2D eigenvalue weighted by Gasteiger charge is 2.36. The van der Waals surface area contributed by atoms with Gasteiger partial charge in [0.1, 0.15) is 0 Å². The van der Waals surface area contributed by atoms with Gasteiger partial charge in [0.15, 0.2) is 0 Å². The van der Waals surface area contributed by atoms with Gasteiger partial charge in [0.05, 0.1) is 23.2 Å². The second-order valence-electron chi connectivity index (χ2n) is 7.78. The summed E-state index contributed by atoms with van der Waals surface area (Å²) in [6.07, 6.45) is 5.65. The van der Waals surface area contributed by atoms with E-state index in [0.29, 0.717) is 25.6 Å². The predicted molar refractivity (Wildman–Crippen MR) is 115 cm³/mol. The number of nitrogens with one attached hydrogen (secondary N) is 2. The monoisotopic (exact) mass is 412 g/mol. The minimum Gasteiger partial charge on any atom is -0.356 e. The molecule has 0 spiro atoms. The highest BCUT2D eigenvalue weighted by Crippen LogP contribution is 2.27. The van der Waals surface area contributed by atoms with Crippen molar-refractivity contribution in [2.75, 3.05) is 19.6 Å². The summed E-state index contributed by atoms with van der Waals surface area (Å²) in [7, 11) is 0. The first-order valence-electron chi connectivity index (χ1n) is 10.5. The van der Waals surface area contributed by atoms with E-state index in [1.165, 1.54) is 12.8 Å². The quantitative estimate of drug-likeness (QED) is 0.733. The van der Waals surface area contributed by atoms with Crippen LogP contribution in [0.1, 0.15) is 37.1 Å². The van der Waals surface area contributed by atoms with Crippen LogP contribution in [0.15, 0.2) is 35.7 Å². The van der Waals surface area contributed by atoms with Crippen molar-refractivity contribution in [1.29, 1.82) is 0 Å². The number of carbonyl (C=O) groups excluding carboxylic acids is 2. The van der Waals surface area contributed by atoms with Gasteiger partial charge in [-0.3, -0.25) is 14.5 Å². The van der Waals surface area contributed by atoms with E-state index in [1.54, 1.807) is 11.3 Å². The van der Waals surface area contributed by atoms with Crippen molar-refractivity contribution < 1.29 is 9.59 Å². The number of hydrogen-bond acceptors (Lipinski definition) is 5. The Morgan fingerprint density at radius 2 is 2.03 bits per heavy atom. The zero-order valence-corrected chi connectivity index (χ0v) is 17.4. The van der Waals surface area contributed by atoms with E-state index >= 15 is 0 Å². The fraction of sp³-hybridized carbons (Fsp3) is 0.500. The van der Waals surface area contributed by atoms with Crippen molar-refractivity contribution in [1.82, 2.24) is 20.5 Å². The molecule has 0 unspecified atom stereocenters. The molecule has 2 aromatic rings. The second-order valence-corrected chi connectivity index (χ2v) is 8.72. The Morgan fingerprint density at radius 1 is 1.24 bits per heavy atom. The van der Waals surface area contributed by atoms with E-state index in [0.717, 1.165) is 35.7 Å². The SMILES string of the molecule is O=C(C[C@H]1C(=O)NCCN1C1CCCC1)NCCc1nc(-c2ccccc2)cs1. The zero-order valence-electron chi connectivity index (χ0n) is 16.6. The molecule has 2 amide bonds. The molecule has 1 aromatic heterocycles. The number of benzene rings is 1. The molecule has 2 heterocycles. The highest BCUT2D eigenvalue weighted by molar-refractivity contribution is 7.09. The van der Waals surface area contributed by atoms with Crippen LogP contribution in [0.5, 0.6) is 0 Å². The lowest BCUT2D eigenvalue weighted by atomic mass is 10.0. The number of rotatable bonds is 7. The number of aromatic nitrogens is 1. The normalized spacial score (nSPS) is 20.6. The Hall–Kier alpha value is -2.25. The molecule has 154 valence electrons. The van der Waals surface area contributed by atoms with E-state index in [2.05, 4.69) is 25.9 Å². The summed E-state index contributed by atoms with van der Waals surface area (Å²) in [4.78, 5) is 31.8. The molecule has 7 heteroatoms. The third-order valence-corrected chi connectivity index (χ3v) is 6.74. The third kappa shape index (κ3) is 5.03. The van der Waals surface area contributed by atoms with Crippen molar-refractivity contribution in [3.05, 3.63) is 40.7 Å². The minimum absolute atomic E-state index is 0.00859. The first-order valence-corrected chi connectivity index (χ1v) is 11.4. The largest absolute Gasteiger partial charge is 0.356 e. The average molecular weight is 413 g/mol. The Morgan fingerprint density at radius 3 is 2.83 bits per heavy atom. The average Bonchev–Trinajstić information content (AvgIpc) is 3.42. The van der Waals surface area contributed by atoms with Gasteiger partial charge in [-0.1, -0.05) is 43.2 Å². The fourth-order valence-corrected chi connectivity index (χ4v) is 5.15. The Kier molecular flexibility index (Phi) is 6.56. The predicted octanol–water partition coefficient (Wildman–Crippen LogP) is 2.60. The second kappa shape index (κ2) is 9.50. The Bertz CT molecular complexity index is 832. The minimum atomic E-state index is -0.337. The first-order chi connectivity index (χ1) is 14.2. The number of thiazole rings is 1. The van der Waals surface area contributed by atoms with Crippen LogP contribution in [0.4, 0.5) is 0 Å². The smallest absolute Gasteiger partial charge is 0.237 e. The van der Waals surface area contributed by atoms with Crippen molar-refractivity contribution in [3.63, 3.8) is 0 Å². The Labute approximate surface area is 175 Å². The molecule has 1 aliphatic heterocycles. The fourth-order valence-electron chi connectivity index (χ4n) is 4.34. The van der Waals surface area contributed by atoms with Gasteiger partial charge >= 0.3 is 0 Å². The van der Waals surface area contributed by atoms with Gasteiger partial charge in [-0.15, -0.1) is 11.3 Å². The lowest BCUT2D eigenvalue weighted by Crippen LogP contribution is -2.59. The number of nitrogens with zero attached hydrogens (tertiary/aromatic N) is 2. The lowest BCUT2D eigenvalue weighted by Gasteiger charge is -2.38. The topological polar surface area (TPSA) is 74.3 Å². The summed E-state index contributed by atoms with van der Waals surface area (Å²) in [6, 6.07) is 10.2. The third-order valence-electron chi connectivity index (χ3n) is 5.83. The van der Waals surface area contributed by atoms with Crippen LogP contribution in [0, 0.1) is 0 Å². The molecule has 0 bridgehead atoms. The van der Waals surface area contributed by atoms with Crippen molar-refractivity contribution >= 4 is 23.2 Å². The van der Waals surface area contributed by atoms with E-state index in [-0.39, 0.29) is 24.3 Å². The zero-order chi connectivity index (χ0) is 20.1. The number of hydrogen-bond donors (Lipinski definition) is 2. The molecule has 1 saturated heterocycles. The van der Waals surface area contributed by atoms with E-state index in [1.807, 2.05) is 30.3 Å². The molecule has 2 aliphatic rings. The molecular weight excluding hydrogens is 384 g/mol. The van der Waals surface area contributed by atoms with Crippen molar-refractivity contribution in [2.24, 2.45) is 0 Å². The molecule has 1 saturated carbocycles. The highest BCUT2D eigenvalue weighted by atomic mass is 32.1. The maximum atomic E-state index is 12.5. The van der Waals surface area contributed by atoms with Crippen LogP contribution >= 0.6 is 11.3 Å². The van der Waals surface area contributed by atoms with Gasteiger partial charge in [0.2, 0.25) is 11.8 Å². The molecule has 2 N–H and O–H groups in total. The summed E-state index contributed by atoms with van der Waals surface area (Å²) < 4.78 is 0. The molecule has 29 heavy (non-hydrogen) atoms. The van der Waals surface area contributed by atoms with Crippen LogP contribution in [0.25, 0.3) is 11.3 Å². The van der Waals surface area contributed by atoms with Gasteiger partial charge in [0, 0.05) is 43.0 Å². The summed E-state index contributed by atoms with van der Waals surface area (Å²) in [5, 5.41) is 8.96. The van der Waals surface area contributed by atoms with Crippen LogP contribution < -0.4 is 10.6 Å². The molecule has 1 aliphatic carbocycles. The molecule has 2 fully saturated rings. The Balaban J connectivity index is 1.27. The van der Waals surface area contributed by atoms with Gasteiger partial charge in [-0.2, -0.15) is 0 Å². The summed E-state index contributed by atoms with van der Waals surface area (Å²) in [5.74, 6) is -0.0689. The standard InChI is InChI=1S/C22H28N4O2S/c27-20(14-19-22(28)24-12-13-26(19)17-8-4-5-9-17)23-11-10-21-25-18(15-29-21)16-6-2-1-3-7-16/h1-3,6-7,15,17,19H,4-5,8-14H2,(H,23,27)(H,24,28)/t19-/m0/s1. The molecule has 6 nitrogen and oxygen atoms in total. The number of piperazine rings is 1. The van der Waals surface area contributed by atoms with Gasteiger partial charge in [0.25, 0.3) is 0 Å². The van der Waals surface area contributed by atoms with E-state index in [9.17, 15) is 9.59 Å². The molecular formula is C22H28N4O2S. The van der Waals surface area contributed by atoms with Crippen LogP contribution in [-0.4, -0.2) is 53.4 Å². The summed E-state index contributed by atoms with van der Waals surface area (Å²) in [5.41, 5.74) is 2.08. The van der Waals surface area contributed by atoms with Gasteiger partial charge < -0.3 is 10.6 Å². The number of amides is 2. The molecule has 0 radical (unpaired) electrons. The van der Waals surface area contributed by atoms with Crippen molar-refractivity contribution in [2.45, 2.75) is 50.6 Å². The van der Waals surface area contributed by atoms with Crippen LogP contribution in [0.2, 0.25) is 0 Å². The van der Waals surface area contributed by atoms with Crippen molar-refractivity contribution in [3.8, 4) is 11.3 Å². The molecule has 1 atom stereocenters. The molecule has 4 rings (SSSR count). The van der Waals surface area contributed by atoms with E-state index in [4.69, 9.17) is 0 Å². The van der Waals surface area contributed by atoms with Gasteiger partial charge in [-0.25, -0.2) is 4.98 Å². The lowest BCUT2D eigenvalue weighted by molar-refractivity contribution is -0.135. The van der Waals surface area contributed by atoms with Gasteiger partial charge in [-0.05, 0) is 12.8 Å². The first kappa shape index (κ1) is 20.0. The van der Waals surface area contributed by atoms with Crippen LogP contribution in [-0.2, 0) is 16.0 Å². The summed E-state index contributed by atoms with van der Waals surface area (Å²) in [6.45, 7) is 2.06. The summed E-state index contributed by atoms with van der Waals surface area (Å²) >= 11 is 1.61. The van der Waals surface area contributed by atoms with Crippen LogP contribution in [0.3, 0.4) is 0 Å². The maximum Gasteiger partial charge on any atom is 0.237 e.